The molecule has 0 aliphatic carbocycles. The Balaban J connectivity index is 2.25. The molecule has 0 N–H and O–H groups in total. The van der Waals surface area contributed by atoms with Crippen LogP contribution in [0.2, 0.25) is 0 Å². The van der Waals surface area contributed by atoms with Gasteiger partial charge in [0, 0.05) is 24.0 Å². The van der Waals surface area contributed by atoms with Crippen LogP contribution in [-0.4, -0.2) is 50.8 Å². The molecule has 0 bridgehead atoms. The summed E-state index contributed by atoms with van der Waals surface area (Å²) in [5.41, 5.74) is 0.963. The third-order valence-corrected chi connectivity index (χ3v) is 7.78. The molecule has 1 aliphatic heterocycles. The van der Waals surface area contributed by atoms with Crippen LogP contribution in [0.4, 0.5) is 0 Å². The summed E-state index contributed by atoms with van der Waals surface area (Å²) >= 11 is 7.14. The zero-order valence-corrected chi connectivity index (χ0v) is 14.5. The molecular weight excluding hydrogens is 316 g/mol. The molecule has 0 spiro atoms. The van der Waals surface area contributed by atoms with Crippen LogP contribution in [0.1, 0.15) is 23.3 Å². The van der Waals surface area contributed by atoms with Crippen molar-refractivity contribution in [2.75, 3.05) is 27.2 Å². The van der Waals surface area contributed by atoms with E-state index in [2.05, 4.69) is 4.90 Å². The highest BCUT2D eigenvalue weighted by Gasteiger charge is 2.32. The maximum absolute atomic E-state index is 12.7. The van der Waals surface area contributed by atoms with Gasteiger partial charge in [-0.25, -0.2) is 8.42 Å². The van der Waals surface area contributed by atoms with Crippen LogP contribution >= 0.6 is 22.9 Å². The first-order valence-corrected chi connectivity index (χ1v) is 9.47. The quantitative estimate of drug-likeness (QED) is 0.793. The van der Waals surface area contributed by atoms with E-state index in [1.54, 1.807) is 10.4 Å². The molecule has 0 radical (unpaired) electrons. The topological polar surface area (TPSA) is 40.6 Å². The number of rotatable bonds is 4. The molecular formula is C13H21ClN2O2S2. The van der Waals surface area contributed by atoms with Crippen molar-refractivity contribution in [3.05, 3.63) is 16.5 Å². The summed E-state index contributed by atoms with van der Waals surface area (Å²) in [4.78, 5) is 3.04. The predicted molar refractivity (Wildman–Crippen MR) is 84.1 cm³/mol. The van der Waals surface area contributed by atoms with Gasteiger partial charge in [-0.2, -0.15) is 4.31 Å². The van der Waals surface area contributed by atoms with Gasteiger partial charge in [0.2, 0.25) is 0 Å². The lowest BCUT2D eigenvalue weighted by atomic mass is 10.1. The van der Waals surface area contributed by atoms with Crippen LogP contribution in [-0.2, 0) is 15.9 Å². The van der Waals surface area contributed by atoms with Crippen LogP contribution < -0.4 is 0 Å². The van der Waals surface area contributed by atoms with E-state index in [1.165, 1.54) is 11.3 Å². The molecule has 0 amide bonds. The van der Waals surface area contributed by atoms with Crippen molar-refractivity contribution >= 4 is 33.0 Å². The number of likely N-dealkylation sites (N-methyl/N-ethyl adjacent to an activating group) is 1. The molecule has 1 atom stereocenters. The van der Waals surface area contributed by atoms with Gasteiger partial charge in [0.1, 0.15) is 4.21 Å². The lowest BCUT2D eigenvalue weighted by Gasteiger charge is -2.35. The van der Waals surface area contributed by atoms with E-state index >= 15 is 0 Å². The molecule has 4 nitrogen and oxygen atoms in total. The van der Waals surface area contributed by atoms with Crippen molar-refractivity contribution in [1.82, 2.24) is 9.21 Å². The van der Waals surface area contributed by atoms with Gasteiger partial charge in [-0.3, -0.25) is 0 Å². The molecule has 1 aromatic heterocycles. The van der Waals surface area contributed by atoms with Crippen LogP contribution in [0, 0.1) is 6.92 Å². The molecule has 2 rings (SSSR count). The van der Waals surface area contributed by atoms with E-state index in [0.29, 0.717) is 29.2 Å². The van der Waals surface area contributed by atoms with E-state index < -0.39 is 10.0 Å². The second-order valence-corrected chi connectivity index (χ2v) is 9.00. The van der Waals surface area contributed by atoms with Crippen molar-refractivity contribution in [1.29, 1.82) is 0 Å². The Kier molecular flexibility index (Phi) is 5.13. The van der Waals surface area contributed by atoms with Gasteiger partial charge in [0.15, 0.2) is 0 Å². The largest absolute Gasteiger partial charge is 0.305 e. The summed E-state index contributed by atoms with van der Waals surface area (Å²) < 4.78 is 27.5. The Morgan fingerprint density at radius 3 is 2.75 bits per heavy atom. The number of hydrogen-bond acceptors (Lipinski definition) is 4. The fraction of sp³-hybridized carbons (Fsp3) is 0.692. The highest BCUT2D eigenvalue weighted by Crippen LogP contribution is 2.31. The van der Waals surface area contributed by atoms with Crippen molar-refractivity contribution in [2.24, 2.45) is 0 Å². The lowest BCUT2D eigenvalue weighted by Crippen LogP contribution is -2.47. The summed E-state index contributed by atoms with van der Waals surface area (Å²) in [6, 6.07) is 2.05. The number of thiophene rings is 1. The monoisotopic (exact) mass is 336 g/mol. The molecule has 1 saturated heterocycles. The summed E-state index contributed by atoms with van der Waals surface area (Å²) in [7, 11) is 0.630. The summed E-state index contributed by atoms with van der Waals surface area (Å²) in [5.74, 6) is 0.367. The van der Waals surface area contributed by atoms with E-state index in [0.717, 1.165) is 23.3 Å². The maximum Gasteiger partial charge on any atom is 0.252 e. The molecule has 1 aliphatic rings. The second kappa shape index (κ2) is 6.32. The van der Waals surface area contributed by atoms with Gasteiger partial charge in [0.05, 0.1) is 5.88 Å². The fourth-order valence-corrected chi connectivity index (χ4v) is 5.92. The van der Waals surface area contributed by atoms with Gasteiger partial charge in [0.25, 0.3) is 10.0 Å². The first kappa shape index (κ1) is 16.2. The molecule has 114 valence electrons. The number of sulfonamides is 1. The van der Waals surface area contributed by atoms with Crippen LogP contribution in [0.25, 0.3) is 0 Å². The zero-order chi connectivity index (χ0) is 14.9. The molecule has 0 saturated carbocycles. The van der Waals surface area contributed by atoms with Gasteiger partial charge in [-0.1, -0.05) is 0 Å². The Hall–Kier alpha value is -0.140. The Bertz CT molecular complexity index is 569. The number of piperidine rings is 1. The average molecular weight is 337 g/mol. The molecule has 7 heteroatoms. The summed E-state index contributed by atoms with van der Waals surface area (Å²) in [6.45, 7) is 3.09. The molecule has 0 aromatic carbocycles. The molecule has 1 fully saturated rings. The Labute approximate surface area is 130 Å². The predicted octanol–water partition coefficient (Wildman–Crippen LogP) is 2.51. The lowest BCUT2D eigenvalue weighted by molar-refractivity contribution is 0.190. The minimum absolute atomic E-state index is 0.298. The highest BCUT2D eigenvalue weighted by atomic mass is 35.5. The van der Waals surface area contributed by atoms with Gasteiger partial charge in [-0.15, -0.1) is 22.9 Å². The molecule has 1 aromatic rings. The standard InChI is InChI=1S/C13H21ClN2O2S2/c1-10-7-13(19-12(10)8-14)20(17,18)16-6-4-5-11(9-16)15(2)3/h7,11H,4-6,8-9H2,1-3H3. The minimum atomic E-state index is -3.37. The fourth-order valence-electron chi connectivity index (χ4n) is 2.44. The Morgan fingerprint density at radius 2 is 2.20 bits per heavy atom. The van der Waals surface area contributed by atoms with Crippen molar-refractivity contribution < 1.29 is 8.42 Å². The summed E-state index contributed by atoms with van der Waals surface area (Å²) in [6.07, 6.45) is 1.96. The van der Waals surface area contributed by atoms with Crippen molar-refractivity contribution in [3.63, 3.8) is 0 Å². The first-order valence-electron chi connectivity index (χ1n) is 6.68. The van der Waals surface area contributed by atoms with E-state index in [9.17, 15) is 8.42 Å². The third-order valence-electron chi connectivity index (χ3n) is 3.80. The third kappa shape index (κ3) is 3.20. The number of nitrogens with zero attached hydrogens (tertiary/aromatic N) is 2. The summed E-state index contributed by atoms with van der Waals surface area (Å²) in [5, 5.41) is 0. The Morgan fingerprint density at radius 1 is 1.50 bits per heavy atom. The molecule has 2 heterocycles. The van der Waals surface area contributed by atoms with Crippen LogP contribution in [0.5, 0.6) is 0 Å². The van der Waals surface area contributed by atoms with Gasteiger partial charge >= 0.3 is 0 Å². The maximum atomic E-state index is 12.7. The van der Waals surface area contributed by atoms with Crippen molar-refractivity contribution in [2.45, 2.75) is 35.9 Å². The first-order chi connectivity index (χ1) is 9.36. The smallest absolute Gasteiger partial charge is 0.252 e. The normalized spacial score (nSPS) is 21.6. The zero-order valence-electron chi connectivity index (χ0n) is 12.1. The molecule has 1 unspecified atom stereocenters. The minimum Gasteiger partial charge on any atom is -0.305 e. The van der Waals surface area contributed by atoms with E-state index in [1.807, 2.05) is 21.0 Å². The molecule has 20 heavy (non-hydrogen) atoms. The van der Waals surface area contributed by atoms with Crippen LogP contribution in [0.3, 0.4) is 0 Å². The van der Waals surface area contributed by atoms with Crippen molar-refractivity contribution in [3.8, 4) is 0 Å². The van der Waals surface area contributed by atoms with Crippen LogP contribution in [0.15, 0.2) is 10.3 Å². The second-order valence-electron chi connectivity index (χ2n) is 5.43. The highest BCUT2D eigenvalue weighted by molar-refractivity contribution is 7.91. The van der Waals surface area contributed by atoms with E-state index in [-0.39, 0.29) is 0 Å². The number of halogens is 1. The SMILES string of the molecule is Cc1cc(S(=O)(=O)N2CCCC(N(C)C)C2)sc1CCl. The number of hydrogen-bond donors (Lipinski definition) is 0. The number of alkyl halides is 1. The van der Waals surface area contributed by atoms with Gasteiger partial charge < -0.3 is 4.90 Å². The number of aryl methyl sites for hydroxylation is 1. The van der Waals surface area contributed by atoms with Gasteiger partial charge in [-0.05, 0) is 45.5 Å². The average Bonchev–Trinajstić information content (AvgIpc) is 2.81. The van der Waals surface area contributed by atoms with E-state index in [4.69, 9.17) is 11.6 Å².